The van der Waals surface area contributed by atoms with Crippen molar-refractivity contribution in [2.75, 3.05) is 0 Å². The first kappa shape index (κ1) is 47.1. The average molecular weight is 1130 g/mol. The molecule has 10 rings (SSSR count). The van der Waals surface area contributed by atoms with Gasteiger partial charge >= 0.3 is 0 Å². The van der Waals surface area contributed by atoms with Gasteiger partial charge in [-0.3, -0.25) is 9.97 Å². The maximum atomic E-state index is 7.56. The van der Waals surface area contributed by atoms with E-state index in [0.29, 0.717) is 5.56 Å². The van der Waals surface area contributed by atoms with Crippen LogP contribution in [0.15, 0.2) is 156 Å². The van der Waals surface area contributed by atoms with Crippen molar-refractivity contribution >= 4 is 46.2 Å². The molecule has 0 bridgehead atoms. The van der Waals surface area contributed by atoms with Crippen LogP contribution in [0.3, 0.4) is 0 Å². The Morgan fingerprint density at radius 2 is 1.35 bits per heavy atom. The Kier molecular flexibility index (Phi) is 13.3. The number of pyridine rings is 2. The van der Waals surface area contributed by atoms with Gasteiger partial charge in [-0.05, 0) is 79.7 Å². The molecule has 0 spiro atoms. The van der Waals surface area contributed by atoms with E-state index in [9.17, 15) is 0 Å². The summed E-state index contributed by atoms with van der Waals surface area (Å²) >= 11 is 0. The third-order valence-corrected chi connectivity index (χ3v) is 15.7. The van der Waals surface area contributed by atoms with Crippen LogP contribution in [-0.2, 0) is 30.9 Å². The van der Waals surface area contributed by atoms with Crippen LogP contribution in [-0.4, -0.2) is 27.6 Å². The van der Waals surface area contributed by atoms with E-state index >= 15 is 0 Å². The molecule has 6 aromatic carbocycles. The van der Waals surface area contributed by atoms with E-state index in [4.69, 9.17) is 23.5 Å². The molecule has 0 saturated heterocycles. The summed E-state index contributed by atoms with van der Waals surface area (Å²) in [5.41, 5.74) is 15.9. The first-order valence-corrected chi connectivity index (χ1v) is 28.1. The van der Waals surface area contributed by atoms with Gasteiger partial charge in [0.15, 0.2) is 0 Å². The van der Waals surface area contributed by atoms with Crippen LogP contribution in [0, 0.1) is 19.0 Å². The van der Waals surface area contributed by atoms with Crippen molar-refractivity contribution in [3.8, 4) is 39.5 Å². The van der Waals surface area contributed by atoms with Crippen molar-refractivity contribution in [2.24, 2.45) is 0 Å². The largest absolute Gasteiger partial charge is 0.501 e. The molecule has 10 aromatic rings. The number of rotatable bonds is 9. The fourth-order valence-electron chi connectivity index (χ4n) is 9.72. The van der Waals surface area contributed by atoms with E-state index in [1.807, 2.05) is 42.9 Å². The number of hydrogen-bond acceptors (Lipinski definition) is 4. The minimum absolute atomic E-state index is 0. The number of imidazole rings is 1. The molecule has 0 aliphatic carbocycles. The zero-order valence-corrected chi connectivity index (χ0v) is 46.5. The van der Waals surface area contributed by atoms with Crippen molar-refractivity contribution in [1.29, 1.82) is 0 Å². The Morgan fingerprint density at radius 3 is 1.97 bits per heavy atom. The summed E-state index contributed by atoms with van der Waals surface area (Å²) in [6, 6.07) is 52.1. The van der Waals surface area contributed by atoms with Crippen molar-refractivity contribution in [3.63, 3.8) is 0 Å². The smallest absolute Gasteiger partial charge is 0.120 e. The summed E-state index contributed by atoms with van der Waals surface area (Å²) in [6.07, 6.45) is 5.96. The molecular weight excluding hydrogens is 1060 g/mol. The van der Waals surface area contributed by atoms with E-state index < -0.39 is 14.9 Å². The third-order valence-electron chi connectivity index (χ3n) is 13.7. The molecule has 1 radical (unpaired) electrons. The summed E-state index contributed by atoms with van der Waals surface area (Å²) in [4.78, 5) is 15.0. The Labute approximate surface area is 440 Å². The van der Waals surface area contributed by atoms with Crippen molar-refractivity contribution in [3.05, 3.63) is 198 Å². The molecule has 0 saturated carbocycles. The summed E-state index contributed by atoms with van der Waals surface area (Å²) in [5, 5.41) is 3.50. The number of benzene rings is 6. The van der Waals surface area contributed by atoms with Crippen LogP contribution < -0.4 is 5.19 Å². The van der Waals surface area contributed by atoms with Crippen LogP contribution in [0.2, 0.25) is 19.6 Å². The predicted octanol–water partition coefficient (Wildman–Crippen LogP) is 16.7. The molecule has 0 atom stereocenters. The average Bonchev–Trinajstić information content (AvgIpc) is 3.94. The van der Waals surface area contributed by atoms with Crippen LogP contribution in [0.5, 0.6) is 0 Å². The fourth-order valence-corrected chi connectivity index (χ4v) is 11.4. The second-order valence-corrected chi connectivity index (χ2v) is 26.8. The molecule has 5 nitrogen and oxygen atoms in total. The molecule has 4 heterocycles. The van der Waals surface area contributed by atoms with Gasteiger partial charge in [0, 0.05) is 58.7 Å². The van der Waals surface area contributed by atoms with Gasteiger partial charge in [0.1, 0.15) is 5.58 Å². The SMILES string of the molecule is CC(C)c1cc(-c2ccccc2)cc(C(C)C)c1-n1c(-c2[c-]ccc3c2oc2ccccc23)nc2c(C(C)(C)C)cncc21.[2H]C([2H])([2H])c1c[c-]c(-c2cc(C(C)(C)c3ccccc3)c([Si](C)(C)C)cn2)cc1.[Ir]. The first-order chi connectivity index (χ1) is 34.5. The van der Waals surface area contributed by atoms with Gasteiger partial charge in [-0.25, -0.2) is 0 Å². The Morgan fingerprint density at radius 1 is 0.690 bits per heavy atom. The molecule has 71 heavy (non-hydrogen) atoms. The van der Waals surface area contributed by atoms with E-state index in [2.05, 4.69) is 190 Å². The Bertz CT molecular complexity index is 3570. The van der Waals surface area contributed by atoms with Gasteiger partial charge in [-0.1, -0.05) is 185 Å². The molecule has 0 unspecified atom stereocenters. The second kappa shape index (κ2) is 20.1. The van der Waals surface area contributed by atoms with Crippen molar-refractivity contribution in [1.82, 2.24) is 19.5 Å². The zero-order chi connectivity index (χ0) is 52.2. The molecule has 363 valence electrons. The van der Waals surface area contributed by atoms with E-state index in [-0.39, 0.29) is 42.8 Å². The monoisotopic (exact) mass is 1130 g/mol. The molecular formula is C64H66IrN4OSi-2. The molecule has 0 N–H and O–H groups in total. The maximum Gasteiger partial charge on any atom is 0.120 e. The van der Waals surface area contributed by atoms with Crippen molar-refractivity contribution < 1.29 is 28.6 Å². The van der Waals surface area contributed by atoms with E-state index in [0.717, 1.165) is 61.2 Å². The number of aromatic nitrogens is 4. The molecule has 0 aliphatic heterocycles. The molecule has 0 aliphatic rings. The van der Waals surface area contributed by atoms with Crippen LogP contribution in [0.4, 0.5) is 0 Å². The Hall–Kier alpha value is -6.24. The molecule has 7 heteroatoms. The first-order valence-electron chi connectivity index (χ1n) is 26.1. The zero-order valence-electron chi connectivity index (χ0n) is 46.1. The molecule has 4 aromatic heterocycles. The Balaban J connectivity index is 0.000000212. The summed E-state index contributed by atoms with van der Waals surface area (Å²) in [5.74, 6) is 1.35. The van der Waals surface area contributed by atoms with Gasteiger partial charge in [-0.2, -0.15) is 0 Å². The van der Waals surface area contributed by atoms with Crippen LogP contribution in [0.25, 0.3) is 72.4 Å². The standard InChI is InChI=1S/C40H38N3O.C24H28NSi.Ir/c1-24(2)31-20-27(26-14-9-8-10-15-26)21-32(25(3)4)37(31)43-34-23-41-22-33(40(5,6)7)36(34)42-39(43)30-18-13-17-29-28-16-11-12-19-35(28)44-38(29)30;1-18-12-14-19(15-13-18)22-16-21(23(17-25-22)26(4,5)6)24(2,3)20-10-8-7-9-11-20;/h8-17,19-25H,1-7H3;7-14,16-17H,1-6H3;/q2*-1;/i;1D3;. The number of para-hydroxylation sites is 1. The quantitative estimate of drug-likeness (QED) is 0.107. The van der Waals surface area contributed by atoms with E-state index in [1.54, 1.807) is 18.2 Å². The maximum absolute atomic E-state index is 7.56. The third kappa shape index (κ3) is 10.0. The normalized spacial score (nSPS) is 13.0. The predicted molar refractivity (Wildman–Crippen MR) is 298 cm³/mol. The van der Waals surface area contributed by atoms with Gasteiger partial charge in [-0.15, -0.1) is 53.6 Å². The number of fused-ring (bicyclic) bond motifs is 4. The van der Waals surface area contributed by atoms with Gasteiger partial charge in [0.05, 0.1) is 36.7 Å². The van der Waals surface area contributed by atoms with Crippen LogP contribution >= 0.6 is 0 Å². The minimum atomic E-state index is -2.12. The van der Waals surface area contributed by atoms with Crippen LogP contribution in [0.1, 0.15) is 112 Å². The number of furan rings is 1. The topological polar surface area (TPSA) is 56.7 Å². The van der Waals surface area contributed by atoms with Gasteiger partial charge in [0.2, 0.25) is 0 Å². The summed E-state index contributed by atoms with van der Waals surface area (Å²) in [7, 11) is -1.63. The molecule has 0 amide bonds. The number of aryl methyl sites for hydroxylation is 1. The fraction of sp³-hybridized carbons (Fsp3) is 0.266. The molecule has 0 fully saturated rings. The van der Waals surface area contributed by atoms with Gasteiger partial charge < -0.3 is 14.0 Å². The second-order valence-electron chi connectivity index (χ2n) is 21.8. The minimum Gasteiger partial charge on any atom is -0.501 e. The van der Waals surface area contributed by atoms with Crippen molar-refractivity contribution in [2.45, 2.75) is 111 Å². The summed E-state index contributed by atoms with van der Waals surface area (Å²) in [6.45, 7) is 25.2. The summed E-state index contributed by atoms with van der Waals surface area (Å²) < 4.78 is 31.6. The number of hydrogen-bond donors (Lipinski definition) is 0. The number of nitrogens with zero attached hydrogens (tertiary/aromatic N) is 4. The van der Waals surface area contributed by atoms with Gasteiger partial charge in [0.25, 0.3) is 0 Å². The van der Waals surface area contributed by atoms with E-state index in [1.165, 1.54) is 44.3 Å².